The molecule has 9 nitrogen and oxygen atoms in total. The van der Waals surface area contributed by atoms with Gasteiger partial charge in [-0.15, -0.1) is 0 Å². The Balaban J connectivity index is 2.44. The number of carbonyl (C=O) groups excluding carboxylic acids is 1. The summed E-state index contributed by atoms with van der Waals surface area (Å²) >= 11 is 0. The van der Waals surface area contributed by atoms with Crippen LogP contribution >= 0.6 is 0 Å². The van der Waals surface area contributed by atoms with Crippen molar-refractivity contribution in [2.24, 2.45) is 0 Å². The molecule has 108 valence electrons. The summed E-state index contributed by atoms with van der Waals surface area (Å²) in [6.07, 6.45) is 3.44. The lowest BCUT2D eigenvalue weighted by atomic mass is 10.0. The molecule has 2 heterocycles. The van der Waals surface area contributed by atoms with E-state index >= 15 is 0 Å². The first-order chi connectivity index (χ1) is 9.54. The highest BCUT2D eigenvalue weighted by molar-refractivity contribution is 5.85. The third kappa shape index (κ3) is 2.60. The smallest absolute Gasteiger partial charge is 0.329 e. The van der Waals surface area contributed by atoms with Crippen LogP contribution < -0.4 is 16.0 Å². The number of carbonyl (C=O) groups is 1. The number of hydrogen-bond acceptors (Lipinski definition) is 7. The molecule has 2 rings (SSSR count). The number of nitrogens with two attached hydrogens (primary N) is 1. The molecule has 0 radical (unpaired) electrons. The Morgan fingerprint density at radius 3 is 3.00 bits per heavy atom. The number of nitrogen functional groups attached to an aromatic ring is 1. The summed E-state index contributed by atoms with van der Waals surface area (Å²) in [7, 11) is 1.54. The average Bonchev–Trinajstić information content (AvgIpc) is 2.46. The van der Waals surface area contributed by atoms with E-state index in [1.54, 1.807) is 4.90 Å². The SMILES string of the molecule is CNC(=O)C1CCCCN1c1nc(N)ncc1[N+](=O)[O-]. The maximum Gasteiger partial charge on any atom is 0.329 e. The number of nitrogens with zero attached hydrogens (tertiary/aromatic N) is 4. The molecule has 9 heteroatoms. The van der Waals surface area contributed by atoms with E-state index in [-0.39, 0.29) is 23.4 Å². The predicted molar refractivity (Wildman–Crippen MR) is 72.2 cm³/mol. The molecule has 1 amide bonds. The van der Waals surface area contributed by atoms with Crippen LogP contribution in [0, 0.1) is 10.1 Å². The highest BCUT2D eigenvalue weighted by Crippen LogP contribution is 2.31. The Kier molecular flexibility index (Phi) is 3.97. The largest absolute Gasteiger partial charge is 0.368 e. The van der Waals surface area contributed by atoms with Gasteiger partial charge in [-0.3, -0.25) is 14.9 Å². The minimum Gasteiger partial charge on any atom is -0.368 e. The number of rotatable bonds is 3. The molecule has 1 aliphatic rings. The summed E-state index contributed by atoms with van der Waals surface area (Å²) in [6.45, 7) is 0.523. The maximum atomic E-state index is 11.9. The van der Waals surface area contributed by atoms with E-state index in [0.29, 0.717) is 13.0 Å². The van der Waals surface area contributed by atoms with Crippen molar-refractivity contribution in [2.45, 2.75) is 25.3 Å². The van der Waals surface area contributed by atoms with Crippen molar-refractivity contribution in [2.75, 3.05) is 24.2 Å². The number of hydrogen-bond donors (Lipinski definition) is 2. The minimum atomic E-state index is -0.565. The predicted octanol–water partition coefficient (Wildman–Crippen LogP) is 0.0719. The van der Waals surface area contributed by atoms with Crippen molar-refractivity contribution in [3.8, 4) is 0 Å². The second-order valence-corrected chi connectivity index (χ2v) is 4.51. The molecule has 1 aromatic rings. The summed E-state index contributed by atoms with van der Waals surface area (Å²) in [5.74, 6) is -0.126. The van der Waals surface area contributed by atoms with Gasteiger partial charge < -0.3 is 16.0 Å². The van der Waals surface area contributed by atoms with Crippen LogP contribution in [0.5, 0.6) is 0 Å². The van der Waals surface area contributed by atoms with Gasteiger partial charge >= 0.3 is 5.69 Å². The molecule has 1 aromatic heterocycles. The van der Waals surface area contributed by atoms with Crippen LogP contribution in [-0.2, 0) is 4.79 Å². The second kappa shape index (κ2) is 5.68. The number of anilines is 2. The van der Waals surface area contributed by atoms with Crippen molar-refractivity contribution >= 4 is 23.4 Å². The van der Waals surface area contributed by atoms with E-state index in [1.807, 2.05) is 0 Å². The van der Waals surface area contributed by atoms with E-state index in [1.165, 1.54) is 7.05 Å². The quantitative estimate of drug-likeness (QED) is 0.592. The van der Waals surface area contributed by atoms with Crippen LogP contribution in [0.2, 0.25) is 0 Å². The van der Waals surface area contributed by atoms with Gasteiger partial charge in [-0.2, -0.15) is 4.98 Å². The van der Waals surface area contributed by atoms with Crippen LogP contribution in [0.15, 0.2) is 6.20 Å². The van der Waals surface area contributed by atoms with E-state index in [4.69, 9.17) is 5.73 Å². The molecule has 1 atom stereocenters. The summed E-state index contributed by atoms with van der Waals surface area (Å²) < 4.78 is 0. The number of piperidine rings is 1. The standard InChI is InChI=1S/C11H16N6O3/c1-13-10(18)7-4-2-3-5-16(7)9-8(17(19)20)6-14-11(12)15-9/h6-7H,2-5H2,1H3,(H,13,18)(H2,12,14,15). The van der Waals surface area contributed by atoms with Crippen LogP contribution in [0.3, 0.4) is 0 Å². The zero-order valence-corrected chi connectivity index (χ0v) is 11.1. The van der Waals surface area contributed by atoms with Crippen LogP contribution in [0.1, 0.15) is 19.3 Å². The van der Waals surface area contributed by atoms with Crippen LogP contribution in [0.25, 0.3) is 0 Å². The third-order valence-corrected chi connectivity index (χ3v) is 3.29. The van der Waals surface area contributed by atoms with Gasteiger partial charge in [0.25, 0.3) is 0 Å². The van der Waals surface area contributed by atoms with Gasteiger partial charge in [0.1, 0.15) is 12.2 Å². The van der Waals surface area contributed by atoms with Crippen molar-refractivity contribution in [3.05, 3.63) is 16.3 Å². The van der Waals surface area contributed by atoms with Gasteiger partial charge in [0, 0.05) is 13.6 Å². The summed E-state index contributed by atoms with van der Waals surface area (Å²) in [4.78, 5) is 31.7. The number of amides is 1. The van der Waals surface area contributed by atoms with E-state index in [0.717, 1.165) is 19.0 Å². The second-order valence-electron chi connectivity index (χ2n) is 4.51. The molecule has 0 aromatic carbocycles. The zero-order valence-electron chi connectivity index (χ0n) is 11.1. The number of nitro groups is 1. The van der Waals surface area contributed by atoms with Crippen LogP contribution in [-0.4, -0.2) is 40.4 Å². The van der Waals surface area contributed by atoms with E-state index < -0.39 is 11.0 Å². The normalized spacial score (nSPS) is 18.6. The highest BCUT2D eigenvalue weighted by Gasteiger charge is 2.33. The Bertz CT molecular complexity index is 535. The Morgan fingerprint density at radius 2 is 2.35 bits per heavy atom. The summed E-state index contributed by atoms with van der Waals surface area (Å²) in [5, 5.41) is 13.7. The number of likely N-dealkylation sites (N-methyl/N-ethyl adjacent to an activating group) is 1. The molecular formula is C11H16N6O3. The molecule has 1 saturated heterocycles. The van der Waals surface area contributed by atoms with Gasteiger partial charge in [0.2, 0.25) is 17.7 Å². The van der Waals surface area contributed by atoms with Gasteiger partial charge in [-0.1, -0.05) is 0 Å². The molecular weight excluding hydrogens is 264 g/mol. The molecule has 1 aliphatic heterocycles. The van der Waals surface area contributed by atoms with Gasteiger partial charge in [0.05, 0.1) is 4.92 Å². The Hall–Kier alpha value is -2.45. The monoisotopic (exact) mass is 280 g/mol. The fraction of sp³-hybridized carbons (Fsp3) is 0.545. The van der Waals surface area contributed by atoms with Crippen LogP contribution in [0.4, 0.5) is 17.5 Å². The summed E-state index contributed by atoms with van der Waals surface area (Å²) in [5.41, 5.74) is 5.28. The first kappa shape index (κ1) is 14.0. The molecule has 3 N–H and O–H groups in total. The topological polar surface area (TPSA) is 127 Å². The minimum absolute atomic E-state index is 0.0492. The molecule has 0 spiro atoms. The highest BCUT2D eigenvalue weighted by atomic mass is 16.6. The third-order valence-electron chi connectivity index (χ3n) is 3.29. The van der Waals surface area contributed by atoms with E-state index in [2.05, 4.69) is 15.3 Å². The maximum absolute atomic E-state index is 11.9. The fourth-order valence-corrected chi connectivity index (χ4v) is 2.34. The Morgan fingerprint density at radius 1 is 1.60 bits per heavy atom. The lowest BCUT2D eigenvalue weighted by Gasteiger charge is -2.34. The molecule has 0 aliphatic carbocycles. The molecule has 0 bridgehead atoms. The van der Waals surface area contributed by atoms with Gasteiger partial charge in [-0.05, 0) is 19.3 Å². The average molecular weight is 280 g/mol. The lowest BCUT2D eigenvalue weighted by Crippen LogP contribution is -2.49. The van der Waals surface area contributed by atoms with E-state index in [9.17, 15) is 14.9 Å². The first-order valence-corrected chi connectivity index (χ1v) is 6.29. The Labute approximate surface area is 115 Å². The van der Waals surface area contributed by atoms with Gasteiger partial charge in [0.15, 0.2) is 0 Å². The molecule has 1 unspecified atom stereocenters. The zero-order chi connectivity index (χ0) is 14.7. The molecule has 0 saturated carbocycles. The number of aromatic nitrogens is 2. The van der Waals surface area contributed by atoms with Crippen molar-refractivity contribution in [1.82, 2.24) is 15.3 Å². The molecule has 20 heavy (non-hydrogen) atoms. The van der Waals surface area contributed by atoms with Gasteiger partial charge in [-0.25, -0.2) is 4.98 Å². The summed E-state index contributed by atoms with van der Waals surface area (Å²) in [6, 6.07) is -0.471. The fourth-order valence-electron chi connectivity index (χ4n) is 2.34. The first-order valence-electron chi connectivity index (χ1n) is 6.29. The lowest BCUT2D eigenvalue weighted by molar-refractivity contribution is -0.384. The molecule has 1 fully saturated rings. The van der Waals surface area contributed by atoms with Crippen molar-refractivity contribution in [1.29, 1.82) is 0 Å². The van der Waals surface area contributed by atoms with Crippen molar-refractivity contribution < 1.29 is 9.72 Å². The van der Waals surface area contributed by atoms with Crippen molar-refractivity contribution in [3.63, 3.8) is 0 Å². The number of nitrogens with one attached hydrogen (secondary N) is 1.